The van der Waals surface area contributed by atoms with Crippen molar-refractivity contribution in [2.24, 2.45) is 11.7 Å². The molecule has 2 aliphatic rings. The van der Waals surface area contributed by atoms with Gasteiger partial charge in [-0.05, 0) is 43.6 Å². The molecular weight excluding hydrogens is 364 g/mol. The third-order valence-electron chi connectivity index (χ3n) is 5.56. The summed E-state index contributed by atoms with van der Waals surface area (Å²) in [5.74, 6) is 2.44. The van der Waals surface area contributed by atoms with Crippen LogP contribution in [-0.2, 0) is 11.3 Å². The van der Waals surface area contributed by atoms with Gasteiger partial charge in [0, 0.05) is 37.0 Å². The maximum Gasteiger partial charge on any atom is 0.269 e. The normalized spacial score (nSPS) is 24.0. The zero-order valence-electron chi connectivity index (χ0n) is 15.5. The minimum atomic E-state index is -0.378. The summed E-state index contributed by atoms with van der Waals surface area (Å²) in [5.41, 5.74) is 7.34. The summed E-state index contributed by atoms with van der Waals surface area (Å²) in [5, 5.41) is 14.2. The predicted molar refractivity (Wildman–Crippen MR) is 107 cm³/mol. The molecule has 3 N–H and O–H groups in total. The molecule has 1 amide bonds. The molecule has 1 saturated carbocycles. The van der Waals surface area contributed by atoms with Gasteiger partial charge in [0.25, 0.3) is 5.69 Å². The molecule has 1 saturated heterocycles. The van der Waals surface area contributed by atoms with Crippen LogP contribution in [0, 0.1) is 16.0 Å². The van der Waals surface area contributed by atoms with Gasteiger partial charge in [-0.2, -0.15) is 0 Å². The monoisotopic (exact) mass is 392 g/mol. The predicted octanol–water partition coefficient (Wildman–Crippen LogP) is 2.49. The van der Waals surface area contributed by atoms with Crippen molar-refractivity contribution in [1.29, 1.82) is 0 Å². The molecule has 8 heteroatoms. The summed E-state index contributed by atoms with van der Waals surface area (Å²) in [7, 11) is 0. The lowest BCUT2D eigenvalue weighted by Crippen LogP contribution is -2.44. The Bertz CT molecular complexity index is 641. The number of nitro benzene ring substituents is 1. The van der Waals surface area contributed by atoms with E-state index in [2.05, 4.69) is 5.32 Å². The molecule has 148 valence electrons. The average molecular weight is 393 g/mol. The van der Waals surface area contributed by atoms with Crippen LogP contribution in [0.1, 0.15) is 37.7 Å². The second-order valence-corrected chi connectivity index (χ2v) is 8.58. The molecule has 2 fully saturated rings. The third-order valence-corrected chi connectivity index (χ3v) is 6.52. The van der Waals surface area contributed by atoms with Crippen molar-refractivity contribution < 1.29 is 9.72 Å². The molecule has 1 aromatic rings. The van der Waals surface area contributed by atoms with Crippen LogP contribution in [0.5, 0.6) is 0 Å². The van der Waals surface area contributed by atoms with Crippen molar-refractivity contribution >= 4 is 23.4 Å². The lowest BCUT2D eigenvalue weighted by atomic mass is 9.82. The first-order valence-electron chi connectivity index (χ1n) is 9.61. The van der Waals surface area contributed by atoms with E-state index >= 15 is 0 Å². The number of nitrogens with zero attached hydrogens (tertiary/aromatic N) is 2. The second-order valence-electron chi connectivity index (χ2n) is 7.50. The second kappa shape index (κ2) is 9.52. The van der Waals surface area contributed by atoms with E-state index < -0.39 is 0 Å². The van der Waals surface area contributed by atoms with Crippen molar-refractivity contribution in [3.63, 3.8) is 0 Å². The zero-order chi connectivity index (χ0) is 19.2. The van der Waals surface area contributed by atoms with E-state index in [0.717, 1.165) is 62.4 Å². The molecule has 0 aromatic heterocycles. The summed E-state index contributed by atoms with van der Waals surface area (Å²) in [4.78, 5) is 24.5. The highest BCUT2D eigenvalue weighted by molar-refractivity contribution is 7.99. The summed E-state index contributed by atoms with van der Waals surface area (Å²) in [6.45, 7) is 1.55. The molecule has 1 aromatic carbocycles. The van der Waals surface area contributed by atoms with Crippen molar-refractivity contribution in [2.75, 3.05) is 18.2 Å². The van der Waals surface area contributed by atoms with E-state index in [1.54, 1.807) is 36.0 Å². The lowest BCUT2D eigenvalue weighted by Gasteiger charge is -2.31. The fourth-order valence-corrected chi connectivity index (χ4v) is 4.84. The number of nitro groups is 1. The van der Waals surface area contributed by atoms with Crippen molar-refractivity contribution in [3.05, 3.63) is 39.9 Å². The number of nitrogens with one attached hydrogen (secondary N) is 1. The Morgan fingerprint density at radius 1 is 1.30 bits per heavy atom. The molecule has 0 bridgehead atoms. The summed E-state index contributed by atoms with van der Waals surface area (Å²) >= 11 is 1.79. The van der Waals surface area contributed by atoms with Crippen molar-refractivity contribution in [3.8, 4) is 0 Å². The van der Waals surface area contributed by atoms with E-state index in [4.69, 9.17) is 5.73 Å². The number of hydrogen-bond donors (Lipinski definition) is 2. The Hall–Kier alpha value is -1.64. The third kappa shape index (κ3) is 5.67. The molecule has 1 unspecified atom stereocenters. The number of carbonyl (C=O) groups is 1. The molecule has 1 atom stereocenters. The number of nitrogens with two attached hydrogens (primary N) is 1. The van der Waals surface area contributed by atoms with Crippen LogP contribution < -0.4 is 11.1 Å². The highest BCUT2D eigenvalue weighted by atomic mass is 32.2. The van der Waals surface area contributed by atoms with E-state index in [-0.39, 0.29) is 22.6 Å². The number of carbonyl (C=O) groups excluding carboxylic acids is 1. The largest absolute Gasteiger partial charge is 0.331 e. The van der Waals surface area contributed by atoms with E-state index in [9.17, 15) is 14.9 Å². The van der Waals surface area contributed by atoms with Gasteiger partial charge < -0.3 is 16.0 Å². The molecule has 1 aliphatic heterocycles. The summed E-state index contributed by atoms with van der Waals surface area (Å²) in [6, 6.07) is 6.79. The number of rotatable bonds is 7. The minimum absolute atomic E-state index is 0.110. The number of non-ortho nitro benzene ring substituents is 1. The smallest absolute Gasteiger partial charge is 0.269 e. The SMILES string of the molecule is NC(CC1CCC(NCc2ccc([N+](=O)[O-])cc2)CC1)C(=O)N1CCSC1. The van der Waals surface area contributed by atoms with Gasteiger partial charge in [0.2, 0.25) is 5.91 Å². The maximum absolute atomic E-state index is 12.3. The molecule has 1 heterocycles. The van der Waals surface area contributed by atoms with Crippen LogP contribution in [0.25, 0.3) is 0 Å². The van der Waals surface area contributed by atoms with Gasteiger partial charge in [-0.1, -0.05) is 12.1 Å². The molecule has 1 aliphatic carbocycles. The van der Waals surface area contributed by atoms with E-state index in [0.29, 0.717) is 12.0 Å². The first-order valence-corrected chi connectivity index (χ1v) is 10.8. The summed E-state index contributed by atoms with van der Waals surface area (Å²) < 4.78 is 0. The fraction of sp³-hybridized carbons (Fsp3) is 0.632. The van der Waals surface area contributed by atoms with Gasteiger partial charge in [0.1, 0.15) is 0 Å². The number of hydrogen-bond acceptors (Lipinski definition) is 6. The number of benzene rings is 1. The first-order chi connectivity index (χ1) is 13.0. The Balaban J connectivity index is 1.37. The average Bonchev–Trinajstić information content (AvgIpc) is 3.22. The van der Waals surface area contributed by atoms with E-state index in [1.165, 1.54) is 0 Å². The summed E-state index contributed by atoms with van der Waals surface area (Å²) in [6.07, 6.45) is 5.13. The van der Waals surface area contributed by atoms with Crippen molar-refractivity contribution in [2.45, 2.75) is 50.7 Å². The Labute approximate surface area is 164 Å². The van der Waals surface area contributed by atoms with Gasteiger partial charge >= 0.3 is 0 Å². The van der Waals surface area contributed by atoms with Crippen molar-refractivity contribution in [1.82, 2.24) is 10.2 Å². The topological polar surface area (TPSA) is 101 Å². The maximum atomic E-state index is 12.3. The van der Waals surface area contributed by atoms with Gasteiger partial charge in [0.15, 0.2) is 0 Å². The molecule has 3 rings (SSSR count). The van der Waals surface area contributed by atoms with Gasteiger partial charge in [-0.25, -0.2) is 0 Å². The van der Waals surface area contributed by atoms with Gasteiger partial charge in [-0.3, -0.25) is 14.9 Å². The highest BCUT2D eigenvalue weighted by Crippen LogP contribution is 2.28. The molecule has 27 heavy (non-hydrogen) atoms. The Morgan fingerprint density at radius 2 is 2.00 bits per heavy atom. The van der Waals surface area contributed by atoms with Crippen LogP contribution in [0.3, 0.4) is 0 Å². The Morgan fingerprint density at radius 3 is 2.59 bits per heavy atom. The molecule has 0 radical (unpaired) electrons. The van der Waals surface area contributed by atoms with Gasteiger partial charge in [-0.15, -0.1) is 11.8 Å². The van der Waals surface area contributed by atoms with Crippen LogP contribution >= 0.6 is 11.8 Å². The lowest BCUT2D eigenvalue weighted by molar-refractivity contribution is -0.384. The van der Waals surface area contributed by atoms with E-state index in [1.807, 2.05) is 4.90 Å². The molecule has 7 nitrogen and oxygen atoms in total. The quantitative estimate of drug-likeness (QED) is 0.546. The first kappa shape index (κ1) is 20.1. The molecular formula is C19H28N4O3S. The zero-order valence-corrected chi connectivity index (χ0v) is 16.3. The number of thioether (sulfide) groups is 1. The fourth-order valence-electron chi connectivity index (χ4n) is 3.88. The van der Waals surface area contributed by atoms with Crippen LogP contribution in [0.15, 0.2) is 24.3 Å². The standard InChI is InChI=1S/C19H28N4O3S/c20-18(19(24)22-9-10-27-13-22)11-14-1-5-16(6-2-14)21-12-15-3-7-17(8-4-15)23(25)26/h3-4,7-8,14,16,18,21H,1-2,5-6,9-13,20H2. The minimum Gasteiger partial charge on any atom is -0.331 e. The van der Waals surface area contributed by atoms with Crippen LogP contribution in [0.2, 0.25) is 0 Å². The van der Waals surface area contributed by atoms with Gasteiger partial charge in [0.05, 0.1) is 16.8 Å². The molecule has 0 spiro atoms. The highest BCUT2D eigenvalue weighted by Gasteiger charge is 2.28. The number of amides is 1. The van der Waals surface area contributed by atoms with Crippen LogP contribution in [0.4, 0.5) is 5.69 Å². The van der Waals surface area contributed by atoms with Crippen LogP contribution in [-0.4, -0.2) is 46.0 Å². The Kier molecular flexibility index (Phi) is 7.09.